The van der Waals surface area contributed by atoms with Crippen molar-refractivity contribution < 1.29 is 4.74 Å². The van der Waals surface area contributed by atoms with Crippen molar-refractivity contribution in [2.45, 2.75) is 20.4 Å². The number of rotatable bonds is 6. The van der Waals surface area contributed by atoms with Crippen molar-refractivity contribution in [3.63, 3.8) is 0 Å². The fourth-order valence-corrected chi connectivity index (χ4v) is 2.20. The average molecular weight is 326 g/mol. The molecule has 2 aromatic rings. The number of nitrogens with zero attached hydrogens (tertiary/aromatic N) is 2. The second kappa shape index (κ2) is 7.59. The molecular formula is C15H17Cl2N3O. The van der Waals surface area contributed by atoms with Crippen molar-refractivity contribution in [2.75, 3.05) is 6.54 Å². The van der Waals surface area contributed by atoms with Gasteiger partial charge in [0.25, 0.3) is 0 Å². The van der Waals surface area contributed by atoms with Gasteiger partial charge in [-0.3, -0.25) is 0 Å². The van der Waals surface area contributed by atoms with Crippen LogP contribution in [0.1, 0.15) is 19.5 Å². The lowest BCUT2D eigenvalue weighted by atomic mass is 10.2. The molecule has 6 heteroatoms. The molecule has 0 unspecified atom stereocenters. The molecule has 1 heterocycles. The van der Waals surface area contributed by atoms with E-state index in [1.807, 2.05) is 6.07 Å². The van der Waals surface area contributed by atoms with E-state index in [4.69, 9.17) is 27.9 Å². The molecule has 1 N–H and O–H groups in total. The molecule has 0 fully saturated rings. The van der Waals surface area contributed by atoms with E-state index in [1.165, 1.54) is 0 Å². The number of aromatic nitrogens is 2. The predicted molar refractivity (Wildman–Crippen MR) is 85.1 cm³/mol. The van der Waals surface area contributed by atoms with Crippen LogP contribution in [0.25, 0.3) is 0 Å². The van der Waals surface area contributed by atoms with Crippen LogP contribution in [0.2, 0.25) is 10.0 Å². The Morgan fingerprint density at radius 3 is 2.38 bits per heavy atom. The molecule has 4 nitrogen and oxygen atoms in total. The van der Waals surface area contributed by atoms with Gasteiger partial charge < -0.3 is 10.1 Å². The minimum absolute atomic E-state index is 0.404. The van der Waals surface area contributed by atoms with Crippen LogP contribution < -0.4 is 10.1 Å². The van der Waals surface area contributed by atoms with Gasteiger partial charge in [0.2, 0.25) is 5.88 Å². The van der Waals surface area contributed by atoms with Crippen LogP contribution in [-0.4, -0.2) is 16.7 Å². The molecule has 1 aromatic carbocycles. The number of ether oxygens (including phenoxy) is 1. The fourth-order valence-electron chi connectivity index (χ4n) is 1.69. The highest BCUT2D eigenvalue weighted by Crippen LogP contribution is 2.27. The summed E-state index contributed by atoms with van der Waals surface area (Å²) in [5, 5.41) is 12.5. The van der Waals surface area contributed by atoms with Crippen molar-refractivity contribution in [3.8, 4) is 11.6 Å². The molecule has 0 amide bonds. The number of benzene rings is 1. The van der Waals surface area contributed by atoms with E-state index in [-0.39, 0.29) is 0 Å². The highest BCUT2D eigenvalue weighted by Gasteiger charge is 2.04. The van der Waals surface area contributed by atoms with Crippen LogP contribution >= 0.6 is 23.2 Å². The third-order valence-electron chi connectivity index (χ3n) is 2.61. The third-order valence-corrected chi connectivity index (χ3v) is 3.05. The fraction of sp³-hybridized carbons (Fsp3) is 0.333. The number of halogens is 2. The number of nitrogens with one attached hydrogen (secondary N) is 1. The summed E-state index contributed by atoms with van der Waals surface area (Å²) in [6.07, 6.45) is 0. The molecule has 0 saturated carbocycles. The van der Waals surface area contributed by atoms with Crippen LogP contribution in [0.15, 0.2) is 30.3 Å². The molecule has 2 rings (SSSR count). The maximum Gasteiger partial charge on any atom is 0.238 e. The topological polar surface area (TPSA) is 47.0 Å². The molecule has 1 aromatic heterocycles. The molecule has 0 radical (unpaired) electrons. The molecule has 0 saturated heterocycles. The Hall–Kier alpha value is -1.36. The summed E-state index contributed by atoms with van der Waals surface area (Å²) in [6, 6.07) is 8.64. The Morgan fingerprint density at radius 2 is 1.81 bits per heavy atom. The maximum atomic E-state index is 5.92. The zero-order valence-corrected chi connectivity index (χ0v) is 13.4. The molecular weight excluding hydrogens is 309 g/mol. The SMILES string of the molecule is CC(C)CNCc1ccc(Oc2cc(Cl)cc(Cl)c2)nn1. The number of hydrogen-bond donors (Lipinski definition) is 1. The van der Waals surface area contributed by atoms with E-state index in [9.17, 15) is 0 Å². The molecule has 112 valence electrons. The summed E-state index contributed by atoms with van der Waals surface area (Å²) in [5.41, 5.74) is 0.868. The summed E-state index contributed by atoms with van der Waals surface area (Å²) < 4.78 is 5.57. The lowest BCUT2D eigenvalue weighted by molar-refractivity contribution is 0.452. The zero-order chi connectivity index (χ0) is 15.2. The molecule has 0 bridgehead atoms. The first-order valence-electron chi connectivity index (χ1n) is 6.70. The molecule has 0 spiro atoms. The lowest BCUT2D eigenvalue weighted by Gasteiger charge is -2.08. The van der Waals surface area contributed by atoms with Gasteiger partial charge in [0.15, 0.2) is 0 Å². The van der Waals surface area contributed by atoms with Gasteiger partial charge in [0, 0.05) is 22.7 Å². The summed E-state index contributed by atoms with van der Waals surface area (Å²) in [5.74, 6) is 1.54. The van der Waals surface area contributed by atoms with Gasteiger partial charge in [0.05, 0.1) is 5.69 Å². The zero-order valence-electron chi connectivity index (χ0n) is 11.9. The van der Waals surface area contributed by atoms with E-state index in [0.717, 1.165) is 12.2 Å². The Kier molecular flexibility index (Phi) is 5.79. The average Bonchev–Trinajstić information content (AvgIpc) is 2.39. The van der Waals surface area contributed by atoms with E-state index < -0.39 is 0 Å². The largest absolute Gasteiger partial charge is 0.437 e. The number of hydrogen-bond acceptors (Lipinski definition) is 4. The van der Waals surface area contributed by atoms with Gasteiger partial charge in [-0.1, -0.05) is 37.0 Å². The summed E-state index contributed by atoms with van der Waals surface area (Å²) in [6.45, 7) is 5.95. The van der Waals surface area contributed by atoms with Gasteiger partial charge in [-0.05, 0) is 36.7 Å². The molecule has 0 aliphatic heterocycles. The Bertz CT molecular complexity index is 568. The van der Waals surface area contributed by atoms with Gasteiger partial charge in [0.1, 0.15) is 5.75 Å². The Balaban J connectivity index is 1.95. The highest BCUT2D eigenvalue weighted by atomic mass is 35.5. The van der Waals surface area contributed by atoms with Crippen LogP contribution in [0.3, 0.4) is 0 Å². The van der Waals surface area contributed by atoms with Gasteiger partial charge in [-0.25, -0.2) is 0 Å². The first-order valence-corrected chi connectivity index (χ1v) is 7.46. The quantitative estimate of drug-likeness (QED) is 0.859. The van der Waals surface area contributed by atoms with E-state index in [1.54, 1.807) is 24.3 Å². The minimum atomic E-state index is 0.404. The van der Waals surface area contributed by atoms with E-state index in [0.29, 0.717) is 34.1 Å². The lowest BCUT2D eigenvalue weighted by Crippen LogP contribution is -2.19. The highest BCUT2D eigenvalue weighted by molar-refractivity contribution is 6.34. The van der Waals surface area contributed by atoms with Crippen molar-refractivity contribution in [3.05, 3.63) is 46.1 Å². The Morgan fingerprint density at radius 1 is 1.10 bits per heavy atom. The summed E-state index contributed by atoms with van der Waals surface area (Å²) >= 11 is 11.8. The second-order valence-corrected chi connectivity index (χ2v) is 5.97. The molecule has 0 atom stereocenters. The van der Waals surface area contributed by atoms with E-state index in [2.05, 4.69) is 29.4 Å². The minimum Gasteiger partial charge on any atom is -0.437 e. The Labute approximate surface area is 134 Å². The van der Waals surface area contributed by atoms with Crippen LogP contribution in [0.4, 0.5) is 0 Å². The van der Waals surface area contributed by atoms with Crippen molar-refractivity contribution in [2.24, 2.45) is 5.92 Å². The van der Waals surface area contributed by atoms with Crippen LogP contribution in [0.5, 0.6) is 11.6 Å². The summed E-state index contributed by atoms with van der Waals surface area (Å²) in [4.78, 5) is 0. The first-order chi connectivity index (χ1) is 10.0. The van der Waals surface area contributed by atoms with Gasteiger partial charge >= 0.3 is 0 Å². The molecule has 21 heavy (non-hydrogen) atoms. The van der Waals surface area contributed by atoms with Crippen LogP contribution in [0, 0.1) is 5.92 Å². The molecule has 0 aliphatic carbocycles. The van der Waals surface area contributed by atoms with Crippen molar-refractivity contribution in [1.82, 2.24) is 15.5 Å². The normalized spacial score (nSPS) is 10.9. The first kappa shape index (κ1) is 16.0. The standard InChI is InChI=1S/C15H17Cl2N3O/c1-10(2)8-18-9-13-3-4-15(20-19-13)21-14-6-11(16)5-12(17)7-14/h3-7,10,18H,8-9H2,1-2H3. The van der Waals surface area contributed by atoms with Gasteiger partial charge in [-0.2, -0.15) is 5.10 Å². The smallest absolute Gasteiger partial charge is 0.238 e. The molecule has 0 aliphatic rings. The third kappa shape index (κ3) is 5.50. The predicted octanol–water partition coefficient (Wildman–Crippen LogP) is 4.32. The van der Waals surface area contributed by atoms with Crippen molar-refractivity contribution in [1.29, 1.82) is 0 Å². The van der Waals surface area contributed by atoms with Crippen LogP contribution in [-0.2, 0) is 6.54 Å². The monoisotopic (exact) mass is 325 g/mol. The van der Waals surface area contributed by atoms with Gasteiger partial charge in [-0.15, -0.1) is 5.10 Å². The van der Waals surface area contributed by atoms with Crippen molar-refractivity contribution >= 4 is 23.2 Å². The maximum absolute atomic E-state index is 5.92. The second-order valence-electron chi connectivity index (χ2n) is 5.09. The summed E-state index contributed by atoms with van der Waals surface area (Å²) in [7, 11) is 0. The van der Waals surface area contributed by atoms with E-state index >= 15 is 0 Å².